The first-order valence-corrected chi connectivity index (χ1v) is 9.03. The summed E-state index contributed by atoms with van der Waals surface area (Å²) in [6, 6.07) is 11.6. The molecule has 0 bridgehead atoms. The quantitative estimate of drug-likeness (QED) is 0.557. The maximum absolute atomic E-state index is 13.1. The SMILES string of the molecule is CCc1ccc2c(CN3C(=O)NC(C)(c4ccccn4)C3=O)cc(=O)oc2c1. The number of benzene rings is 1. The van der Waals surface area contributed by atoms with Crippen molar-refractivity contribution < 1.29 is 14.0 Å². The molecule has 3 aromatic rings. The largest absolute Gasteiger partial charge is 0.423 e. The molecule has 0 saturated carbocycles. The number of carbonyl (C=O) groups is 2. The van der Waals surface area contributed by atoms with E-state index in [2.05, 4.69) is 10.3 Å². The molecular weight excluding hydrogens is 358 g/mol. The predicted octanol–water partition coefficient (Wildman–Crippen LogP) is 2.72. The first kappa shape index (κ1) is 17.9. The summed E-state index contributed by atoms with van der Waals surface area (Å²) in [5, 5.41) is 3.42. The summed E-state index contributed by atoms with van der Waals surface area (Å²) in [6.07, 6.45) is 2.38. The third-order valence-electron chi connectivity index (χ3n) is 5.08. The number of nitrogens with one attached hydrogen (secondary N) is 1. The van der Waals surface area contributed by atoms with Crippen LogP contribution in [0.25, 0.3) is 11.0 Å². The summed E-state index contributed by atoms with van der Waals surface area (Å²) in [5.41, 5.74) is 0.731. The van der Waals surface area contributed by atoms with E-state index in [1.54, 1.807) is 31.3 Å². The summed E-state index contributed by atoms with van der Waals surface area (Å²) >= 11 is 0. The van der Waals surface area contributed by atoms with Crippen molar-refractivity contribution in [2.45, 2.75) is 32.4 Å². The van der Waals surface area contributed by atoms with Crippen LogP contribution >= 0.6 is 0 Å². The summed E-state index contributed by atoms with van der Waals surface area (Å²) in [6.45, 7) is 3.61. The third-order valence-corrected chi connectivity index (χ3v) is 5.08. The number of hydrogen-bond donors (Lipinski definition) is 1. The number of amides is 3. The lowest BCUT2D eigenvalue weighted by Crippen LogP contribution is -2.41. The lowest BCUT2D eigenvalue weighted by molar-refractivity contribution is -0.131. The number of aromatic nitrogens is 1. The van der Waals surface area contributed by atoms with Crippen molar-refractivity contribution in [3.05, 3.63) is 75.9 Å². The van der Waals surface area contributed by atoms with Crippen LogP contribution in [0, 0.1) is 0 Å². The number of urea groups is 1. The van der Waals surface area contributed by atoms with Crippen LogP contribution in [0.1, 0.15) is 30.7 Å². The highest BCUT2D eigenvalue weighted by atomic mass is 16.4. The van der Waals surface area contributed by atoms with E-state index in [1.807, 2.05) is 25.1 Å². The summed E-state index contributed by atoms with van der Waals surface area (Å²) in [5.74, 6) is -0.414. The number of nitrogens with zero attached hydrogens (tertiary/aromatic N) is 2. The van der Waals surface area contributed by atoms with Crippen LogP contribution in [0.4, 0.5) is 4.79 Å². The Balaban J connectivity index is 1.73. The Morgan fingerprint density at radius 1 is 1.14 bits per heavy atom. The Morgan fingerprint density at radius 3 is 2.68 bits per heavy atom. The smallest absolute Gasteiger partial charge is 0.336 e. The zero-order valence-electron chi connectivity index (χ0n) is 15.6. The van der Waals surface area contributed by atoms with Crippen LogP contribution in [0.3, 0.4) is 0 Å². The molecule has 2 aromatic heterocycles. The number of fused-ring (bicyclic) bond motifs is 1. The highest BCUT2D eigenvalue weighted by Gasteiger charge is 2.49. The minimum atomic E-state index is -1.25. The van der Waals surface area contributed by atoms with E-state index in [9.17, 15) is 14.4 Å². The van der Waals surface area contributed by atoms with Crippen LogP contribution in [-0.2, 0) is 23.3 Å². The van der Waals surface area contributed by atoms with Gasteiger partial charge in [0.25, 0.3) is 5.91 Å². The molecule has 3 heterocycles. The van der Waals surface area contributed by atoms with Gasteiger partial charge >= 0.3 is 11.7 Å². The van der Waals surface area contributed by atoms with E-state index in [1.165, 1.54) is 6.07 Å². The molecular formula is C21H19N3O4. The lowest BCUT2D eigenvalue weighted by Gasteiger charge is -2.21. The van der Waals surface area contributed by atoms with Crippen molar-refractivity contribution in [2.24, 2.45) is 0 Å². The molecule has 1 fully saturated rings. The van der Waals surface area contributed by atoms with Crippen LogP contribution < -0.4 is 10.9 Å². The highest BCUT2D eigenvalue weighted by molar-refractivity contribution is 6.07. The number of rotatable bonds is 4. The molecule has 7 nitrogen and oxygen atoms in total. The fourth-order valence-electron chi connectivity index (χ4n) is 3.47. The number of carbonyl (C=O) groups excluding carboxylic acids is 2. The molecule has 142 valence electrons. The number of pyridine rings is 1. The Kier molecular flexibility index (Phi) is 4.22. The Labute approximate surface area is 161 Å². The van der Waals surface area contributed by atoms with Gasteiger partial charge in [0.2, 0.25) is 0 Å². The molecule has 0 aliphatic carbocycles. The molecule has 1 aromatic carbocycles. The first-order chi connectivity index (χ1) is 13.4. The fraction of sp³-hybridized carbons (Fsp3) is 0.238. The van der Waals surface area contributed by atoms with Gasteiger partial charge in [0, 0.05) is 17.6 Å². The Bertz CT molecular complexity index is 1140. The van der Waals surface area contributed by atoms with Crippen LogP contribution in [-0.4, -0.2) is 21.8 Å². The molecule has 7 heteroatoms. The maximum atomic E-state index is 13.1. The molecule has 1 saturated heterocycles. The average Bonchev–Trinajstić information content (AvgIpc) is 2.92. The predicted molar refractivity (Wildman–Crippen MR) is 103 cm³/mol. The van der Waals surface area contributed by atoms with Gasteiger partial charge in [-0.1, -0.05) is 25.1 Å². The molecule has 1 atom stereocenters. The van der Waals surface area contributed by atoms with Crippen molar-refractivity contribution in [2.75, 3.05) is 0 Å². The molecule has 1 N–H and O–H groups in total. The van der Waals surface area contributed by atoms with Gasteiger partial charge in [-0.15, -0.1) is 0 Å². The summed E-state index contributed by atoms with van der Waals surface area (Å²) < 4.78 is 5.30. The van der Waals surface area contributed by atoms with Gasteiger partial charge in [-0.05, 0) is 42.7 Å². The molecule has 0 radical (unpaired) electrons. The van der Waals surface area contributed by atoms with E-state index in [4.69, 9.17) is 4.42 Å². The van der Waals surface area contributed by atoms with Crippen LogP contribution in [0.2, 0.25) is 0 Å². The van der Waals surface area contributed by atoms with Gasteiger partial charge in [-0.2, -0.15) is 0 Å². The van der Waals surface area contributed by atoms with Gasteiger partial charge in [0.1, 0.15) is 5.58 Å². The van der Waals surface area contributed by atoms with Crippen LogP contribution in [0.5, 0.6) is 0 Å². The molecule has 28 heavy (non-hydrogen) atoms. The molecule has 0 spiro atoms. The van der Waals surface area contributed by atoms with E-state index >= 15 is 0 Å². The van der Waals surface area contributed by atoms with Gasteiger partial charge in [-0.3, -0.25) is 14.7 Å². The molecule has 1 unspecified atom stereocenters. The standard InChI is InChI=1S/C21H19N3O4/c1-3-13-7-8-15-14(11-18(25)28-16(15)10-13)12-24-19(26)21(2,23-20(24)27)17-6-4-5-9-22-17/h4-11H,3,12H2,1-2H3,(H,23,27). The minimum absolute atomic E-state index is 0.0271. The first-order valence-electron chi connectivity index (χ1n) is 9.03. The molecule has 3 amide bonds. The van der Waals surface area contributed by atoms with Crippen molar-refractivity contribution >= 4 is 22.9 Å². The second kappa shape index (κ2) is 6.60. The fourth-order valence-corrected chi connectivity index (χ4v) is 3.47. The number of aryl methyl sites for hydroxylation is 1. The normalized spacial score (nSPS) is 19.3. The zero-order valence-corrected chi connectivity index (χ0v) is 15.6. The molecule has 1 aliphatic heterocycles. The number of imide groups is 1. The van der Waals surface area contributed by atoms with Gasteiger partial charge < -0.3 is 9.73 Å². The maximum Gasteiger partial charge on any atom is 0.336 e. The second-order valence-electron chi connectivity index (χ2n) is 6.94. The highest BCUT2D eigenvalue weighted by Crippen LogP contribution is 2.29. The molecule has 4 rings (SSSR count). The van der Waals surface area contributed by atoms with E-state index in [0.29, 0.717) is 22.2 Å². The monoisotopic (exact) mass is 377 g/mol. The van der Waals surface area contributed by atoms with Gasteiger partial charge in [-0.25, -0.2) is 9.59 Å². The topological polar surface area (TPSA) is 92.5 Å². The Morgan fingerprint density at radius 2 is 1.96 bits per heavy atom. The minimum Gasteiger partial charge on any atom is -0.423 e. The Hall–Kier alpha value is -3.48. The van der Waals surface area contributed by atoms with Gasteiger partial charge in [0.15, 0.2) is 5.54 Å². The molecule has 1 aliphatic rings. The third kappa shape index (κ3) is 2.85. The zero-order chi connectivity index (χ0) is 19.9. The van der Waals surface area contributed by atoms with E-state index in [0.717, 1.165) is 16.9 Å². The van der Waals surface area contributed by atoms with Gasteiger partial charge in [0.05, 0.1) is 12.2 Å². The number of hydrogen-bond acceptors (Lipinski definition) is 5. The summed E-state index contributed by atoms with van der Waals surface area (Å²) in [4.78, 5) is 43.0. The second-order valence-corrected chi connectivity index (χ2v) is 6.94. The van der Waals surface area contributed by atoms with Crippen molar-refractivity contribution in [3.8, 4) is 0 Å². The van der Waals surface area contributed by atoms with E-state index < -0.39 is 23.1 Å². The average molecular weight is 377 g/mol. The van der Waals surface area contributed by atoms with Crippen LogP contribution in [0.15, 0.2) is 57.9 Å². The van der Waals surface area contributed by atoms with Crippen molar-refractivity contribution in [1.82, 2.24) is 15.2 Å². The lowest BCUT2D eigenvalue weighted by atomic mass is 9.97. The van der Waals surface area contributed by atoms with Crippen molar-refractivity contribution in [3.63, 3.8) is 0 Å². The van der Waals surface area contributed by atoms with Crippen molar-refractivity contribution in [1.29, 1.82) is 0 Å². The summed E-state index contributed by atoms with van der Waals surface area (Å²) in [7, 11) is 0. The van der Waals surface area contributed by atoms with E-state index in [-0.39, 0.29) is 6.54 Å².